The molecule has 0 spiro atoms. The second-order valence-corrected chi connectivity index (χ2v) is 6.84. The Morgan fingerprint density at radius 3 is 2.32 bits per heavy atom. The number of aryl methyl sites for hydroxylation is 4. The lowest BCUT2D eigenvalue weighted by molar-refractivity contribution is -0.113. The third-order valence-corrected chi connectivity index (χ3v) is 4.45. The smallest absolute Gasteiger partial charge is 0.234 e. The first-order chi connectivity index (χ1) is 10.4. The average Bonchev–Trinajstić information content (AvgIpc) is 2.42. The summed E-state index contributed by atoms with van der Waals surface area (Å²) in [7, 11) is 0. The second kappa shape index (κ2) is 7.50. The molecule has 0 atom stereocenters. The molecule has 0 aliphatic heterocycles. The summed E-state index contributed by atoms with van der Waals surface area (Å²) in [5.74, 6) is 1.39. The second-order valence-electron chi connectivity index (χ2n) is 5.86. The van der Waals surface area contributed by atoms with Gasteiger partial charge in [-0.15, -0.1) is 11.8 Å². The first-order valence-corrected chi connectivity index (χ1v) is 8.61. The highest BCUT2D eigenvalue weighted by atomic mass is 32.2. The topological polar surface area (TPSA) is 29.1 Å². The van der Waals surface area contributed by atoms with E-state index in [-0.39, 0.29) is 5.91 Å². The highest BCUT2D eigenvalue weighted by molar-refractivity contribution is 7.99. The molecule has 0 aliphatic carbocycles. The summed E-state index contributed by atoms with van der Waals surface area (Å²) in [6, 6.07) is 12.6. The molecule has 0 unspecified atom stereocenters. The number of amides is 1. The van der Waals surface area contributed by atoms with Crippen LogP contribution in [0, 0.1) is 27.7 Å². The van der Waals surface area contributed by atoms with Gasteiger partial charge in [-0.25, -0.2) is 0 Å². The fraction of sp³-hybridized carbons (Fsp3) is 0.316. The van der Waals surface area contributed by atoms with E-state index in [9.17, 15) is 4.79 Å². The van der Waals surface area contributed by atoms with Crippen LogP contribution in [-0.4, -0.2) is 11.7 Å². The van der Waals surface area contributed by atoms with Crippen molar-refractivity contribution in [2.45, 2.75) is 33.4 Å². The van der Waals surface area contributed by atoms with Gasteiger partial charge in [-0.3, -0.25) is 4.79 Å². The van der Waals surface area contributed by atoms with Gasteiger partial charge < -0.3 is 5.32 Å². The zero-order chi connectivity index (χ0) is 16.1. The summed E-state index contributed by atoms with van der Waals surface area (Å²) in [6.07, 6.45) is 0. The number of carbonyl (C=O) groups excluding carboxylic acids is 1. The lowest BCUT2D eigenvalue weighted by atomic mass is 10.1. The zero-order valence-electron chi connectivity index (χ0n) is 13.7. The summed E-state index contributed by atoms with van der Waals surface area (Å²) < 4.78 is 0. The molecule has 0 aliphatic rings. The third-order valence-electron chi connectivity index (χ3n) is 3.45. The van der Waals surface area contributed by atoms with Gasteiger partial charge in [0.05, 0.1) is 5.75 Å². The Balaban J connectivity index is 1.86. The number of thioether (sulfide) groups is 1. The first kappa shape index (κ1) is 16.6. The maximum Gasteiger partial charge on any atom is 0.234 e. The molecule has 1 amide bonds. The molecular formula is C19H23NOS. The molecule has 22 heavy (non-hydrogen) atoms. The number of carbonyl (C=O) groups is 1. The van der Waals surface area contributed by atoms with Crippen molar-refractivity contribution in [3.8, 4) is 0 Å². The Kier molecular flexibility index (Phi) is 5.67. The maximum absolute atomic E-state index is 12.1. The minimum Gasteiger partial charge on any atom is -0.325 e. The average molecular weight is 313 g/mol. The fourth-order valence-corrected chi connectivity index (χ4v) is 3.23. The molecule has 0 bridgehead atoms. The summed E-state index contributed by atoms with van der Waals surface area (Å²) in [5, 5.41) is 3.00. The Bertz CT molecular complexity index is 659. The number of nitrogens with one attached hydrogen (secondary N) is 1. The summed E-state index contributed by atoms with van der Waals surface area (Å²) in [6.45, 7) is 8.25. The van der Waals surface area contributed by atoms with Crippen LogP contribution >= 0.6 is 11.8 Å². The van der Waals surface area contributed by atoms with E-state index < -0.39 is 0 Å². The molecule has 1 N–H and O–H groups in total. The highest BCUT2D eigenvalue weighted by Gasteiger charge is 2.06. The maximum atomic E-state index is 12.1. The lowest BCUT2D eigenvalue weighted by Crippen LogP contribution is -2.15. The molecule has 0 radical (unpaired) electrons. The van der Waals surface area contributed by atoms with Crippen molar-refractivity contribution in [2.24, 2.45) is 0 Å². The van der Waals surface area contributed by atoms with Gasteiger partial charge in [-0.05, 0) is 50.5 Å². The van der Waals surface area contributed by atoms with Crippen LogP contribution in [0.4, 0.5) is 5.69 Å². The molecule has 0 aromatic heterocycles. The Morgan fingerprint density at radius 1 is 0.955 bits per heavy atom. The van der Waals surface area contributed by atoms with Crippen LogP contribution in [0.3, 0.4) is 0 Å². The summed E-state index contributed by atoms with van der Waals surface area (Å²) in [4.78, 5) is 12.1. The molecule has 0 saturated heterocycles. The van der Waals surface area contributed by atoms with Gasteiger partial charge in [0.2, 0.25) is 5.91 Å². The van der Waals surface area contributed by atoms with E-state index in [0.29, 0.717) is 5.75 Å². The Labute approximate surface area is 137 Å². The van der Waals surface area contributed by atoms with E-state index in [1.807, 2.05) is 26.0 Å². The third kappa shape index (κ3) is 4.92. The molecule has 0 heterocycles. The van der Waals surface area contributed by atoms with Crippen molar-refractivity contribution in [2.75, 3.05) is 11.1 Å². The van der Waals surface area contributed by atoms with Crippen LogP contribution in [0.1, 0.15) is 27.8 Å². The van der Waals surface area contributed by atoms with E-state index >= 15 is 0 Å². The van der Waals surface area contributed by atoms with Crippen LogP contribution in [0.5, 0.6) is 0 Å². The molecule has 2 nitrogen and oxygen atoms in total. The van der Waals surface area contributed by atoms with E-state index in [1.54, 1.807) is 11.8 Å². The quantitative estimate of drug-likeness (QED) is 0.859. The zero-order valence-corrected chi connectivity index (χ0v) is 14.5. The minimum absolute atomic E-state index is 0.0584. The van der Waals surface area contributed by atoms with Crippen molar-refractivity contribution in [1.82, 2.24) is 0 Å². The fourth-order valence-electron chi connectivity index (χ4n) is 2.47. The van der Waals surface area contributed by atoms with Crippen molar-refractivity contribution >= 4 is 23.4 Å². The monoisotopic (exact) mass is 313 g/mol. The van der Waals surface area contributed by atoms with Gasteiger partial charge in [0.1, 0.15) is 0 Å². The lowest BCUT2D eigenvalue weighted by Gasteiger charge is -2.09. The minimum atomic E-state index is 0.0584. The normalized spacial score (nSPS) is 10.5. The van der Waals surface area contributed by atoms with Crippen LogP contribution in [0.2, 0.25) is 0 Å². The van der Waals surface area contributed by atoms with E-state index in [0.717, 1.165) is 22.6 Å². The largest absolute Gasteiger partial charge is 0.325 e. The molecule has 3 heteroatoms. The Morgan fingerprint density at radius 2 is 1.64 bits per heavy atom. The van der Waals surface area contributed by atoms with Crippen LogP contribution < -0.4 is 5.32 Å². The molecule has 0 saturated carbocycles. The van der Waals surface area contributed by atoms with Crippen molar-refractivity contribution in [1.29, 1.82) is 0 Å². The van der Waals surface area contributed by atoms with E-state index in [4.69, 9.17) is 0 Å². The van der Waals surface area contributed by atoms with Gasteiger partial charge in [-0.1, -0.05) is 41.5 Å². The van der Waals surface area contributed by atoms with Crippen LogP contribution in [0.25, 0.3) is 0 Å². The molecular weight excluding hydrogens is 290 g/mol. The van der Waals surface area contributed by atoms with Crippen molar-refractivity contribution < 1.29 is 4.79 Å². The molecule has 2 aromatic rings. The number of rotatable bonds is 5. The van der Waals surface area contributed by atoms with Crippen molar-refractivity contribution in [3.63, 3.8) is 0 Å². The summed E-state index contributed by atoms with van der Waals surface area (Å²) >= 11 is 1.65. The number of hydrogen-bond acceptors (Lipinski definition) is 2. The molecule has 0 fully saturated rings. The Hall–Kier alpha value is -1.74. The van der Waals surface area contributed by atoms with E-state index in [2.05, 4.69) is 43.4 Å². The predicted molar refractivity (Wildman–Crippen MR) is 96.6 cm³/mol. The van der Waals surface area contributed by atoms with Crippen molar-refractivity contribution in [3.05, 3.63) is 64.2 Å². The van der Waals surface area contributed by atoms with E-state index in [1.165, 1.54) is 16.7 Å². The van der Waals surface area contributed by atoms with Gasteiger partial charge in [-0.2, -0.15) is 0 Å². The number of anilines is 1. The van der Waals surface area contributed by atoms with Gasteiger partial charge in [0.15, 0.2) is 0 Å². The SMILES string of the molecule is Cc1cc(C)cc(CSCC(=O)Nc2cc(C)ccc2C)c1. The highest BCUT2D eigenvalue weighted by Crippen LogP contribution is 2.18. The summed E-state index contributed by atoms with van der Waals surface area (Å²) in [5.41, 5.74) is 6.99. The number of hydrogen-bond donors (Lipinski definition) is 1. The van der Waals surface area contributed by atoms with Crippen LogP contribution in [0.15, 0.2) is 36.4 Å². The molecule has 116 valence electrons. The van der Waals surface area contributed by atoms with Crippen LogP contribution in [-0.2, 0) is 10.5 Å². The number of benzene rings is 2. The van der Waals surface area contributed by atoms with Gasteiger partial charge in [0, 0.05) is 11.4 Å². The first-order valence-electron chi connectivity index (χ1n) is 7.46. The standard InChI is InChI=1S/C19H23NOS/c1-13-5-6-16(4)18(10-13)20-19(21)12-22-11-17-8-14(2)7-15(3)9-17/h5-10H,11-12H2,1-4H3,(H,20,21). The molecule has 2 rings (SSSR count). The van der Waals surface area contributed by atoms with Gasteiger partial charge >= 0.3 is 0 Å². The van der Waals surface area contributed by atoms with Gasteiger partial charge in [0.25, 0.3) is 0 Å². The predicted octanol–water partition coefficient (Wildman–Crippen LogP) is 4.79. The molecule has 2 aromatic carbocycles.